The fourth-order valence-corrected chi connectivity index (χ4v) is 3.97. The van der Waals surface area contributed by atoms with Gasteiger partial charge in [0.25, 0.3) is 5.91 Å². The van der Waals surface area contributed by atoms with Gasteiger partial charge >= 0.3 is 0 Å². The van der Waals surface area contributed by atoms with E-state index in [-0.39, 0.29) is 64.4 Å². The lowest BCUT2D eigenvalue weighted by molar-refractivity contribution is 0.0603. The number of ether oxygens (including phenoxy) is 2. The second-order valence-corrected chi connectivity index (χ2v) is 8.11. The topological polar surface area (TPSA) is 87.2 Å². The van der Waals surface area contributed by atoms with Crippen molar-refractivity contribution < 1.29 is 23.8 Å². The van der Waals surface area contributed by atoms with Crippen molar-refractivity contribution >= 4 is 17.5 Å². The lowest BCUT2D eigenvalue weighted by Gasteiger charge is -2.33. The third-order valence-corrected chi connectivity index (χ3v) is 5.66. The number of amides is 1. The van der Waals surface area contributed by atoms with Crippen LogP contribution >= 0.6 is 11.6 Å². The number of halogens is 2. The number of benzene rings is 1. The highest BCUT2D eigenvalue weighted by molar-refractivity contribution is 6.35. The van der Waals surface area contributed by atoms with Crippen LogP contribution in [0.15, 0.2) is 18.2 Å². The molecule has 2 N–H and O–H groups in total. The lowest BCUT2D eigenvalue weighted by atomic mass is 10.1. The molecule has 0 bridgehead atoms. The number of hydrogen-bond acceptors (Lipinski definition) is 7. The van der Waals surface area contributed by atoms with Crippen molar-refractivity contribution in [2.24, 2.45) is 0 Å². The Morgan fingerprint density at radius 3 is 2.97 bits per heavy atom. The van der Waals surface area contributed by atoms with Gasteiger partial charge in [-0.25, -0.2) is 9.37 Å². The summed E-state index contributed by atoms with van der Waals surface area (Å²) in [6.07, 6.45) is 0. The summed E-state index contributed by atoms with van der Waals surface area (Å²) in [6.45, 7) is 2.80. The summed E-state index contributed by atoms with van der Waals surface area (Å²) in [4.78, 5) is 21.5. The molecule has 1 fully saturated rings. The molecule has 1 atom stereocenters. The van der Waals surface area contributed by atoms with Crippen LogP contribution in [0.3, 0.4) is 0 Å². The van der Waals surface area contributed by atoms with Crippen LogP contribution in [0.1, 0.15) is 10.4 Å². The zero-order valence-corrected chi connectivity index (χ0v) is 18.1. The first-order valence-electron chi connectivity index (χ1n) is 10.0. The van der Waals surface area contributed by atoms with Gasteiger partial charge in [0.05, 0.1) is 11.6 Å². The van der Waals surface area contributed by atoms with E-state index in [2.05, 4.69) is 10.3 Å². The van der Waals surface area contributed by atoms with Crippen LogP contribution in [0.25, 0.3) is 11.3 Å². The van der Waals surface area contributed by atoms with Crippen LogP contribution in [0, 0.1) is 5.82 Å². The van der Waals surface area contributed by atoms with Gasteiger partial charge in [0.2, 0.25) is 5.88 Å². The van der Waals surface area contributed by atoms with Crippen molar-refractivity contribution in [1.82, 2.24) is 20.1 Å². The van der Waals surface area contributed by atoms with Crippen LogP contribution in [0.2, 0.25) is 5.02 Å². The molecule has 0 saturated carbocycles. The Labute approximate surface area is 184 Å². The molecule has 1 amide bonds. The Bertz CT molecular complexity index is 984. The van der Waals surface area contributed by atoms with E-state index in [0.29, 0.717) is 26.2 Å². The van der Waals surface area contributed by atoms with Crippen LogP contribution in [-0.2, 0) is 0 Å². The second kappa shape index (κ2) is 8.86. The minimum Gasteiger partial charge on any atom is -0.507 e. The molecule has 31 heavy (non-hydrogen) atoms. The summed E-state index contributed by atoms with van der Waals surface area (Å²) in [5.41, 5.74) is -0.0955. The molecule has 2 aliphatic rings. The Hall–Kier alpha value is -2.62. The maximum Gasteiger partial charge on any atom is 0.263 e. The number of likely N-dealkylation sites (N-methyl/N-ethyl adjacent to an activating group) is 1. The van der Waals surface area contributed by atoms with Gasteiger partial charge in [0.15, 0.2) is 5.75 Å². The predicted octanol–water partition coefficient (Wildman–Crippen LogP) is 1.99. The molecular formula is C21H24ClFN4O4. The summed E-state index contributed by atoms with van der Waals surface area (Å²) in [7, 11) is 3.78. The van der Waals surface area contributed by atoms with Crippen molar-refractivity contribution in [1.29, 1.82) is 0 Å². The van der Waals surface area contributed by atoms with E-state index in [9.17, 15) is 14.3 Å². The molecule has 10 heteroatoms. The van der Waals surface area contributed by atoms with Crippen molar-refractivity contribution in [2.45, 2.75) is 6.04 Å². The number of fused-ring (bicyclic) bond motifs is 2. The lowest BCUT2D eigenvalue weighted by Crippen LogP contribution is -2.54. The maximum absolute atomic E-state index is 14.6. The number of pyridine rings is 1. The number of aromatic nitrogens is 1. The van der Waals surface area contributed by atoms with Gasteiger partial charge in [-0.05, 0) is 26.2 Å². The largest absolute Gasteiger partial charge is 0.507 e. The SMILES string of the molecule is CN(C)CCOc1nc(-c2c(O)cccc2F)c(Cl)c2c1C(=O)N1CCNCC1CO2. The molecule has 0 aliphatic carbocycles. The highest BCUT2D eigenvalue weighted by atomic mass is 35.5. The van der Waals surface area contributed by atoms with Gasteiger partial charge in [-0.1, -0.05) is 17.7 Å². The van der Waals surface area contributed by atoms with E-state index >= 15 is 0 Å². The number of nitrogens with one attached hydrogen (secondary N) is 1. The molecule has 8 nitrogen and oxygen atoms in total. The molecule has 3 heterocycles. The van der Waals surface area contributed by atoms with Gasteiger partial charge in [-0.3, -0.25) is 4.79 Å². The number of carbonyl (C=O) groups is 1. The third kappa shape index (κ3) is 4.13. The van der Waals surface area contributed by atoms with Gasteiger partial charge in [0.1, 0.15) is 41.1 Å². The molecule has 1 unspecified atom stereocenters. The normalized spacial score (nSPS) is 18.3. The number of carbonyl (C=O) groups excluding carboxylic acids is 1. The smallest absolute Gasteiger partial charge is 0.263 e. The number of phenolic OH excluding ortho intramolecular Hbond substituents is 1. The van der Waals surface area contributed by atoms with Crippen molar-refractivity contribution in [3.63, 3.8) is 0 Å². The molecule has 1 saturated heterocycles. The van der Waals surface area contributed by atoms with Crippen molar-refractivity contribution in [2.75, 3.05) is 53.5 Å². The van der Waals surface area contributed by atoms with E-state index in [4.69, 9.17) is 21.1 Å². The molecule has 2 aliphatic heterocycles. The minimum atomic E-state index is -0.699. The van der Waals surface area contributed by atoms with E-state index in [1.165, 1.54) is 18.2 Å². The minimum absolute atomic E-state index is 0.00286. The number of nitrogens with zero attached hydrogens (tertiary/aromatic N) is 3. The van der Waals surface area contributed by atoms with E-state index in [0.717, 1.165) is 0 Å². The average Bonchev–Trinajstić information content (AvgIpc) is 2.88. The first kappa shape index (κ1) is 21.6. The number of piperazine rings is 1. The van der Waals surface area contributed by atoms with Crippen LogP contribution in [-0.4, -0.2) is 85.3 Å². The predicted molar refractivity (Wildman–Crippen MR) is 114 cm³/mol. The standard InChI is InChI=1S/C21H24ClFN4O4/c1-26(2)8-9-30-20-16-19(31-11-12-10-24-6-7-27(12)21(16)29)17(22)18(25-20)15-13(23)4-3-5-14(15)28/h3-5,12,24,28H,6-11H2,1-2H3. The van der Waals surface area contributed by atoms with E-state index < -0.39 is 5.82 Å². The molecule has 1 aromatic heterocycles. The Morgan fingerprint density at radius 2 is 2.23 bits per heavy atom. The fraction of sp³-hybridized carbons (Fsp3) is 0.429. The third-order valence-electron chi connectivity index (χ3n) is 5.31. The molecule has 0 spiro atoms. The monoisotopic (exact) mass is 450 g/mol. The quantitative estimate of drug-likeness (QED) is 0.720. The molecule has 2 aromatic rings. The molecule has 4 rings (SSSR count). The summed E-state index contributed by atoms with van der Waals surface area (Å²) in [5.74, 6) is -1.22. The number of hydrogen-bond donors (Lipinski definition) is 2. The van der Waals surface area contributed by atoms with Crippen LogP contribution in [0.4, 0.5) is 4.39 Å². The molecule has 1 aromatic carbocycles. The van der Waals surface area contributed by atoms with Crippen molar-refractivity contribution in [3.05, 3.63) is 34.6 Å². The summed E-state index contributed by atoms with van der Waals surface area (Å²) >= 11 is 6.58. The average molecular weight is 451 g/mol. The van der Waals surface area contributed by atoms with Crippen LogP contribution in [0.5, 0.6) is 17.4 Å². The number of phenols is 1. The fourth-order valence-electron chi connectivity index (χ4n) is 3.69. The molecule has 166 valence electrons. The number of aromatic hydroxyl groups is 1. The van der Waals surface area contributed by atoms with Gasteiger partial charge in [0, 0.05) is 26.2 Å². The van der Waals surface area contributed by atoms with Gasteiger partial charge < -0.3 is 29.7 Å². The first-order valence-corrected chi connectivity index (χ1v) is 10.4. The maximum atomic E-state index is 14.6. The summed E-state index contributed by atoms with van der Waals surface area (Å²) in [6, 6.07) is 3.74. The summed E-state index contributed by atoms with van der Waals surface area (Å²) < 4.78 is 26.4. The van der Waals surface area contributed by atoms with Crippen LogP contribution < -0.4 is 14.8 Å². The number of rotatable bonds is 5. The highest BCUT2D eigenvalue weighted by Gasteiger charge is 2.38. The zero-order valence-electron chi connectivity index (χ0n) is 17.3. The summed E-state index contributed by atoms with van der Waals surface area (Å²) in [5, 5.41) is 13.5. The van der Waals surface area contributed by atoms with E-state index in [1.54, 1.807) is 4.90 Å². The van der Waals surface area contributed by atoms with Crippen molar-refractivity contribution in [3.8, 4) is 28.6 Å². The van der Waals surface area contributed by atoms with Gasteiger partial charge in [-0.15, -0.1) is 0 Å². The highest BCUT2D eigenvalue weighted by Crippen LogP contribution is 2.45. The Kier molecular flexibility index (Phi) is 6.17. The zero-order chi connectivity index (χ0) is 22.1. The van der Waals surface area contributed by atoms with E-state index in [1.807, 2.05) is 19.0 Å². The Balaban J connectivity index is 1.87. The molecular weight excluding hydrogens is 427 g/mol. The first-order chi connectivity index (χ1) is 14.9. The molecule has 0 radical (unpaired) electrons. The Morgan fingerprint density at radius 1 is 1.42 bits per heavy atom. The second-order valence-electron chi connectivity index (χ2n) is 7.74. The van der Waals surface area contributed by atoms with Gasteiger partial charge in [-0.2, -0.15) is 0 Å².